The summed E-state index contributed by atoms with van der Waals surface area (Å²) < 4.78 is 2.01. The molecule has 0 saturated carbocycles. The van der Waals surface area contributed by atoms with Crippen molar-refractivity contribution in [2.75, 3.05) is 13.1 Å². The predicted octanol–water partition coefficient (Wildman–Crippen LogP) is 0.595. The fourth-order valence-electron chi connectivity index (χ4n) is 2.08. The van der Waals surface area contributed by atoms with Crippen molar-refractivity contribution in [3.63, 3.8) is 0 Å². The molecule has 94 valence electrons. The van der Waals surface area contributed by atoms with E-state index in [-0.39, 0.29) is 0 Å². The first-order valence-electron chi connectivity index (χ1n) is 5.87. The lowest BCUT2D eigenvalue weighted by molar-refractivity contribution is -0.149. The molecule has 0 spiro atoms. The summed E-state index contributed by atoms with van der Waals surface area (Å²) in [6.07, 6.45) is 2.36. The first kappa shape index (κ1) is 12.0. The summed E-state index contributed by atoms with van der Waals surface area (Å²) >= 11 is 0. The maximum absolute atomic E-state index is 11.3. The lowest BCUT2D eigenvalue weighted by Gasteiger charge is -2.33. The molecule has 0 bridgehead atoms. The van der Waals surface area contributed by atoms with Gasteiger partial charge in [0.25, 0.3) is 0 Å². The number of aliphatic carboxylic acids is 1. The van der Waals surface area contributed by atoms with Crippen LogP contribution in [0.5, 0.6) is 0 Å². The van der Waals surface area contributed by atoms with E-state index < -0.39 is 11.4 Å². The van der Waals surface area contributed by atoms with Gasteiger partial charge in [-0.15, -0.1) is 10.2 Å². The Morgan fingerprint density at radius 2 is 2.35 bits per heavy atom. The van der Waals surface area contributed by atoms with Crippen molar-refractivity contribution >= 4 is 5.97 Å². The number of hydrogen-bond donors (Lipinski definition) is 1. The molecule has 0 aromatic carbocycles. The summed E-state index contributed by atoms with van der Waals surface area (Å²) in [7, 11) is 0. The van der Waals surface area contributed by atoms with Gasteiger partial charge >= 0.3 is 5.97 Å². The molecule has 1 aromatic heterocycles. The van der Waals surface area contributed by atoms with E-state index in [0.717, 1.165) is 18.9 Å². The molecular formula is C11H18N4O2. The van der Waals surface area contributed by atoms with Crippen LogP contribution in [-0.2, 0) is 17.9 Å². The highest BCUT2D eigenvalue weighted by molar-refractivity contribution is 5.74. The van der Waals surface area contributed by atoms with E-state index in [2.05, 4.69) is 15.1 Å². The minimum atomic E-state index is -0.730. The molecular weight excluding hydrogens is 220 g/mol. The molecule has 0 aliphatic carbocycles. The summed E-state index contributed by atoms with van der Waals surface area (Å²) in [5.41, 5.74) is -0.678. The Morgan fingerprint density at radius 1 is 1.59 bits per heavy atom. The first-order valence-corrected chi connectivity index (χ1v) is 5.87. The lowest BCUT2D eigenvalue weighted by Crippen LogP contribution is -2.44. The van der Waals surface area contributed by atoms with Crippen molar-refractivity contribution < 1.29 is 9.90 Å². The average Bonchev–Trinajstić information content (AvgIpc) is 2.75. The van der Waals surface area contributed by atoms with Crippen molar-refractivity contribution in [1.82, 2.24) is 19.7 Å². The number of carbonyl (C=O) groups is 1. The number of carboxylic acid groups (broad SMARTS) is 1. The maximum atomic E-state index is 11.3. The standard InChI is InChI=1S/C11H18N4O2/c1-3-11(2,10(16)17)7-14-4-5-15-8-12-13-9(15)6-14/h8H,3-7H2,1-2H3,(H,16,17). The molecule has 1 aromatic rings. The molecule has 1 atom stereocenters. The zero-order valence-electron chi connectivity index (χ0n) is 10.3. The van der Waals surface area contributed by atoms with Gasteiger partial charge in [-0.1, -0.05) is 6.92 Å². The molecule has 1 N–H and O–H groups in total. The summed E-state index contributed by atoms with van der Waals surface area (Å²) in [5.74, 6) is 0.187. The van der Waals surface area contributed by atoms with Crippen molar-refractivity contribution in [2.24, 2.45) is 5.41 Å². The second kappa shape index (κ2) is 4.44. The van der Waals surface area contributed by atoms with Gasteiger partial charge in [-0.05, 0) is 13.3 Å². The van der Waals surface area contributed by atoms with Crippen molar-refractivity contribution in [3.8, 4) is 0 Å². The summed E-state index contributed by atoms with van der Waals surface area (Å²) in [5, 5.41) is 17.2. The third kappa shape index (κ3) is 2.31. The number of aromatic nitrogens is 3. The van der Waals surface area contributed by atoms with E-state index in [1.165, 1.54) is 0 Å². The maximum Gasteiger partial charge on any atom is 0.310 e. The molecule has 1 aliphatic rings. The molecule has 0 saturated heterocycles. The van der Waals surface area contributed by atoms with Crippen LogP contribution in [0.3, 0.4) is 0 Å². The SMILES string of the molecule is CCC(C)(CN1CCn2cnnc2C1)C(=O)O. The van der Waals surface area contributed by atoms with E-state index in [1.807, 2.05) is 11.5 Å². The topological polar surface area (TPSA) is 71.2 Å². The molecule has 17 heavy (non-hydrogen) atoms. The lowest BCUT2D eigenvalue weighted by atomic mass is 9.87. The largest absolute Gasteiger partial charge is 0.481 e. The van der Waals surface area contributed by atoms with Gasteiger partial charge in [0, 0.05) is 19.6 Å². The minimum Gasteiger partial charge on any atom is -0.481 e. The van der Waals surface area contributed by atoms with E-state index in [9.17, 15) is 9.90 Å². The molecule has 6 heteroatoms. The Bertz CT molecular complexity index is 417. The highest BCUT2D eigenvalue weighted by atomic mass is 16.4. The Balaban J connectivity index is 2.04. The van der Waals surface area contributed by atoms with Crippen LogP contribution in [-0.4, -0.2) is 43.8 Å². The summed E-state index contributed by atoms with van der Waals surface area (Å²) in [6.45, 7) is 6.65. The van der Waals surface area contributed by atoms with Gasteiger partial charge in [0.2, 0.25) is 0 Å². The van der Waals surface area contributed by atoms with E-state index >= 15 is 0 Å². The fourth-order valence-corrected chi connectivity index (χ4v) is 2.08. The van der Waals surface area contributed by atoms with Gasteiger partial charge in [0.05, 0.1) is 12.0 Å². The highest BCUT2D eigenvalue weighted by Crippen LogP contribution is 2.24. The molecule has 1 aliphatic heterocycles. The number of carboxylic acids is 1. The third-order valence-electron chi connectivity index (χ3n) is 3.59. The van der Waals surface area contributed by atoms with E-state index in [1.54, 1.807) is 13.3 Å². The van der Waals surface area contributed by atoms with Crippen LogP contribution in [0.1, 0.15) is 26.1 Å². The molecule has 0 amide bonds. The number of nitrogens with zero attached hydrogens (tertiary/aromatic N) is 4. The van der Waals surface area contributed by atoms with Gasteiger partial charge in [-0.2, -0.15) is 0 Å². The van der Waals surface area contributed by atoms with Gasteiger partial charge in [0.15, 0.2) is 0 Å². The smallest absolute Gasteiger partial charge is 0.310 e. The molecule has 2 heterocycles. The second-order valence-corrected chi connectivity index (χ2v) is 4.87. The first-order chi connectivity index (χ1) is 8.05. The van der Waals surface area contributed by atoms with Crippen molar-refractivity contribution in [2.45, 2.75) is 33.4 Å². The van der Waals surface area contributed by atoms with Crippen molar-refractivity contribution in [1.29, 1.82) is 0 Å². The fraction of sp³-hybridized carbons (Fsp3) is 0.727. The zero-order valence-corrected chi connectivity index (χ0v) is 10.3. The Morgan fingerprint density at radius 3 is 3.00 bits per heavy atom. The number of fused-ring (bicyclic) bond motifs is 1. The minimum absolute atomic E-state index is 0.561. The Hall–Kier alpha value is -1.43. The van der Waals surface area contributed by atoms with Gasteiger partial charge in [-0.3, -0.25) is 9.69 Å². The quantitative estimate of drug-likeness (QED) is 0.831. The van der Waals surface area contributed by atoms with Crippen LogP contribution < -0.4 is 0 Å². The number of rotatable bonds is 4. The van der Waals surface area contributed by atoms with Crippen LogP contribution in [0, 0.1) is 5.41 Å². The Labute approximate surface area is 100 Å². The van der Waals surface area contributed by atoms with Crippen molar-refractivity contribution in [3.05, 3.63) is 12.2 Å². The molecule has 2 rings (SSSR count). The van der Waals surface area contributed by atoms with Crippen LogP contribution >= 0.6 is 0 Å². The van der Waals surface area contributed by atoms with Crippen LogP contribution in [0.15, 0.2) is 6.33 Å². The highest BCUT2D eigenvalue weighted by Gasteiger charge is 2.34. The molecule has 6 nitrogen and oxygen atoms in total. The van der Waals surface area contributed by atoms with Gasteiger partial charge in [0.1, 0.15) is 12.2 Å². The third-order valence-corrected chi connectivity index (χ3v) is 3.59. The average molecular weight is 238 g/mol. The normalized spacial score (nSPS) is 19.6. The van der Waals surface area contributed by atoms with E-state index in [4.69, 9.17) is 0 Å². The molecule has 0 radical (unpaired) electrons. The summed E-state index contributed by atoms with van der Waals surface area (Å²) in [6, 6.07) is 0. The summed E-state index contributed by atoms with van der Waals surface area (Å²) in [4.78, 5) is 13.4. The Kier molecular flexibility index (Phi) is 3.15. The van der Waals surface area contributed by atoms with E-state index in [0.29, 0.717) is 19.5 Å². The zero-order chi connectivity index (χ0) is 12.5. The van der Waals surface area contributed by atoms with Crippen LogP contribution in [0.25, 0.3) is 0 Å². The monoisotopic (exact) mass is 238 g/mol. The second-order valence-electron chi connectivity index (χ2n) is 4.87. The number of hydrogen-bond acceptors (Lipinski definition) is 4. The molecule has 1 unspecified atom stereocenters. The predicted molar refractivity (Wildman–Crippen MR) is 61.3 cm³/mol. The van der Waals surface area contributed by atoms with Crippen LogP contribution in [0.4, 0.5) is 0 Å². The van der Waals surface area contributed by atoms with Gasteiger partial charge < -0.3 is 9.67 Å². The molecule has 0 fully saturated rings. The van der Waals surface area contributed by atoms with Crippen LogP contribution in [0.2, 0.25) is 0 Å². The van der Waals surface area contributed by atoms with Gasteiger partial charge in [-0.25, -0.2) is 0 Å².